The van der Waals surface area contributed by atoms with Gasteiger partial charge in [0.15, 0.2) is 0 Å². The van der Waals surface area contributed by atoms with Gasteiger partial charge < -0.3 is 9.47 Å². The minimum Gasteiger partial charge on any atom is -0.462 e. The Kier molecular flexibility index (Phi) is 3.68. The first-order valence-corrected chi connectivity index (χ1v) is 4.77. The first kappa shape index (κ1) is 10.8. The summed E-state index contributed by atoms with van der Waals surface area (Å²) < 4.78 is 9.55. The lowest BCUT2D eigenvalue weighted by atomic mass is 10.2. The Labute approximate surface area is 82.9 Å². The standard InChI is InChI=1S/C10H14O4/c1-3-13-9(11)8(7-5-6-7)10(12)14-4-2/h3-6H2,1-2H3. The Hall–Kier alpha value is -1.32. The number of allylic oxidation sites excluding steroid dienone is 1. The van der Waals surface area contributed by atoms with Crippen LogP contribution in [0.25, 0.3) is 0 Å². The topological polar surface area (TPSA) is 52.6 Å². The molecule has 0 N–H and O–H groups in total. The van der Waals surface area contributed by atoms with Crippen molar-refractivity contribution in [1.29, 1.82) is 0 Å². The highest BCUT2D eigenvalue weighted by molar-refractivity contribution is 6.15. The van der Waals surface area contributed by atoms with E-state index in [2.05, 4.69) is 0 Å². The lowest BCUT2D eigenvalue weighted by Gasteiger charge is -2.05. The molecule has 1 fully saturated rings. The van der Waals surface area contributed by atoms with Crippen molar-refractivity contribution >= 4 is 11.9 Å². The number of carbonyl (C=O) groups excluding carboxylic acids is 2. The van der Waals surface area contributed by atoms with Crippen molar-refractivity contribution in [2.24, 2.45) is 0 Å². The quantitative estimate of drug-likeness (QED) is 0.295. The van der Waals surface area contributed by atoms with Gasteiger partial charge >= 0.3 is 11.9 Å². The van der Waals surface area contributed by atoms with Crippen molar-refractivity contribution in [3.05, 3.63) is 11.1 Å². The van der Waals surface area contributed by atoms with E-state index in [-0.39, 0.29) is 18.8 Å². The van der Waals surface area contributed by atoms with Crippen LogP contribution in [0.4, 0.5) is 0 Å². The monoisotopic (exact) mass is 198 g/mol. The molecule has 0 spiro atoms. The van der Waals surface area contributed by atoms with Gasteiger partial charge in [-0.25, -0.2) is 9.59 Å². The molecule has 1 aliphatic carbocycles. The molecule has 0 atom stereocenters. The van der Waals surface area contributed by atoms with Crippen molar-refractivity contribution in [1.82, 2.24) is 0 Å². The van der Waals surface area contributed by atoms with Crippen molar-refractivity contribution in [3.63, 3.8) is 0 Å². The van der Waals surface area contributed by atoms with E-state index in [4.69, 9.17) is 9.47 Å². The fourth-order valence-electron chi connectivity index (χ4n) is 1.09. The number of hydrogen-bond acceptors (Lipinski definition) is 4. The summed E-state index contributed by atoms with van der Waals surface area (Å²) in [7, 11) is 0. The molecule has 0 radical (unpaired) electrons. The molecule has 0 bridgehead atoms. The molecule has 0 aromatic heterocycles. The zero-order valence-corrected chi connectivity index (χ0v) is 8.46. The minimum absolute atomic E-state index is 0.105. The van der Waals surface area contributed by atoms with Crippen LogP contribution in [0.15, 0.2) is 11.1 Å². The Bertz CT molecular complexity index is 252. The van der Waals surface area contributed by atoms with Crippen LogP contribution >= 0.6 is 0 Å². The van der Waals surface area contributed by atoms with Crippen LogP contribution in [0.2, 0.25) is 0 Å². The molecule has 0 amide bonds. The molecule has 0 aromatic rings. The van der Waals surface area contributed by atoms with Crippen molar-refractivity contribution in [2.45, 2.75) is 26.7 Å². The fourth-order valence-corrected chi connectivity index (χ4v) is 1.09. The molecule has 0 heterocycles. The largest absolute Gasteiger partial charge is 0.462 e. The summed E-state index contributed by atoms with van der Waals surface area (Å²) in [5, 5.41) is 0. The lowest BCUT2D eigenvalue weighted by Crippen LogP contribution is -2.18. The van der Waals surface area contributed by atoms with Crippen molar-refractivity contribution in [2.75, 3.05) is 13.2 Å². The zero-order chi connectivity index (χ0) is 10.6. The summed E-state index contributed by atoms with van der Waals surface area (Å²) >= 11 is 0. The zero-order valence-electron chi connectivity index (χ0n) is 8.46. The predicted molar refractivity (Wildman–Crippen MR) is 49.5 cm³/mol. The van der Waals surface area contributed by atoms with Gasteiger partial charge in [0, 0.05) is 0 Å². The van der Waals surface area contributed by atoms with Crippen LogP contribution in [0.3, 0.4) is 0 Å². The Balaban J connectivity index is 2.71. The maximum Gasteiger partial charge on any atom is 0.345 e. The maximum atomic E-state index is 11.4. The average Bonchev–Trinajstić information content (AvgIpc) is 2.89. The second-order valence-corrected chi connectivity index (χ2v) is 2.92. The summed E-state index contributed by atoms with van der Waals surface area (Å²) in [5.41, 5.74) is 0.954. The van der Waals surface area contributed by atoms with E-state index in [9.17, 15) is 9.59 Å². The first-order chi connectivity index (χ1) is 6.70. The van der Waals surface area contributed by atoms with Crippen molar-refractivity contribution < 1.29 is 19.1 Å². The SMILES string of the molecule is CCOC(=O)C(C(=O)OCC)=C1CC1. The molecule has 78 valence electrons. The molecular weight excluding hydrogens is 184 g/mol. The van der Waals surface area contributed by atoms with E-state index in [1.54, 1.807) is 13.8 Å². The number of carbonyl (C=O) groups is 2. The number of ether oxygens (including phenoxy) is 2. The smallest absolute Gasteiger partial charge is 0.345 e. The van der Waals surface area contributed by atoms with Gasteiger partial charge in [-0.15, -0.1) is 0 Å². The van der Waals surface area contributed by atoms with E-state index in [1.165, 1.54) is 0 Å². The molecule has 14 heavy (non-hydrogen) atoms. The van der Waals surface area contributed by atoms with E-state index in [1.807, 2.05) is 0 Å². The molecule has 1 aliphatic rings. The third-order valence-electron chi connectivity index (χ3n) is 1.81. The molecule has 4 heteroatoms. The highest BCUT2D eigenvalue weighted by Gasteiger charge is 2.30. The maximum absolute atomic E-state index is 11.4. The van der Waals surface area contributed by atoms with Gasteiger partial charge in [0.05, 0.1) is 13.2 Å². The van der Waals surface area contributed by atoms with E-state index in [0.717, 1.165) is 18.4 Å². The van der Waals surface area contributed by atoms with Gasteiger partial charge in [0.2, 0.25) is 0 Å². The lowest BCUT2D eigenvalue weighted by molar-refractivity contribution is -0.146. The number of rotatable bonds is 4. The predicted octanol–water partition coefficient (Wildman–Crippen LogP) is 1.20. The minimum atomic E-state index is -0.557. The van der Waals surface area contributed by atoms with Gasteiger partial charge in [-0.05, 0) is 32.3 Å². The Morgan fingerprint density at radius 1 is 1.07 bits per heavy atom. The molecule has 0 saturated heterocycles. The number of hydrogen-bond donors (Lipinski definition) is 0. The summed E-state index contributed by atoms with van der Waals surface area (Å²) in [4.78, 5) is 22.7. The molecule has 1 saturated carbocycles. The van der Waals surface area contributed by atoms with E-state index in [0.29, 0.717) is 0 Å². The molecule has 4 nitrogen and oxygen atoms in total. The van der Waals surface area contributed by atoms with Crippen molar-refractivity contribution in [3.8, 4) is 0 Å². The Morgan fingerprint density at radius 2 is 1.50 bits per heavy atom. The van der Waals surface area contributed by atoms with Crippen LogP contribution in [0.1, 0.15) is 26.7 Å². The molecule has 1 rings (SSSR count). The second-order valence-electron chi connectivity index (χ2n) is 2.92. The first-order valence-electron chi connectivity index (χ1n) is 4.77. The van der Waals surface area contributed by atoms with Gasteiger partial charge in [0.25, 0.3) is 0 Å². The summed E-state index contributed by atoms with van der Waals surface area (Å²) in [6, 6.07) is 0. The summed E-state index contributed by atoms with van der Waals surface area (Å²) in [6.07, 6.45) is 1.60. The van der Waals surface area contributed by atoms with Crippen LogP contribution in [-0.4, -0.2) is 25.2 Å². The summed E-state index contributed by atoms with van der Waals surface area (Å²) in [5.74, 6) is -1.11. The fraction of sp³-hybridized carbons (Fsp3) is 0.600. The summed E-state index contributed by atoms with van der Waals surface area (Å²) in [6.45, 7) is 3.96. The molecule has 0 unspecified atom stereocenters. The average molecular weight is 198 g/mol. The normalized spacial score (nSPS) is 13.4. The van der Waals surface area contributed by atoms with Gasteiger partial charge in [-0.2, -0.15) is 0 Å². The Morgan fingerprint density at radius 3 is 1.79 bits per heavy atom. The third kappa shape index (κ3) is 2.58. The molecule has 0 aliphatic heterocycles. The van der Waals surface area contributed by atoms with Crippen LogP contribution < -0.4 is 0 Å². The van der Waals surface area contributed by atoms with E-state index >= 15 is 0 Å². The van der Waals surface area contributed by atoms with Crippen LogP contribution in [-0.2, 0) is 19.1 Å². The van der Waals surface area contributed by atoms with Crippen LogP contribution in [0.5, 0.6) is 0 Å². The molecule has 0 aromatic carbocycles. The van der Waals surface area contributed by atoms with E-state index < -0.39 is 11.9 Å². The molecular formula is C10H14O4. The van der Waals surface area contributed by atoms with Crippen LogP contribution in [0, 0.1) is 0 Å². The second kappa shape index (κ2) is 4.79. The van der Waals surface area contributed by atoms with Gasteiger partial charge in [-0.3, -0.25) is 0 Å². The third-order valence-corrected chi connectivity index (χ3v) is 1.81. The number of esters is 2. The highest BCUT2D eigenvalue weighted by Crippen LogP contribution is 2.32. The highest BCUT2D eigenvalue weighted by atomic mass is 16.6. The van der Waals surface area contributed by atoms with Gasteiger partial charge in [0.1, 0.15) is 5.57 Å². The van der Waals surface area contributed by atoms with Gasteiger partial charge in [-0.1, -0.05) is 0 Å².